The van der Waals surface area contributed by atoms with Gasteiger partial charge in [0.2, 0.25) is 10.0 Å². The van der Waals surface area contributed by atoms with Crippen molar-refractivity contribution >= 4 is 33.3 Å². The number of hydrogen-bond donors (Lipinski definition) is 2. The fourth-order valence-electron chi connectivity index (χ4n) is 2.45. The lowest BCUT2D eigenvalue weighted by molar-refractivity contribution is -0.385. The van der Waals surface area contributed by atoms with E-state index in [1.165, 1.54) is 24.3 Å². The SMILES string of the molecule is O=C(O)C(CNS(=O)(=O)Cc1ccccc1[N+](=O)[O-])Cc1ccc(Cl)cc1. The van der Waals surface area contributed by atoms with Gasteiger partial charge in [-0.15, -0.1) is 0 Å². The first-order chi connectivity index (χ1) is 12.7. The monoisotopic (exact) mass is 412 g/mol. The van der Waals surface area contributed by atoms with Crippen LogP contribution in [0.3, 0.4) is 0 Å². The highest BCUT2D eigenvalue weighted by atomic mass is 35.5. The minimum Gasteiger partial charge on any atom is -0.481 e. The van der Waals surface area contributed by atoms with Gasteiger partial charge in [0.15, 0.2) is 0 Å². The Hall–Kier alpha value is -2.49. The molecular formula is C17H17ClN2O6S. The number of halogens is 1. The Balaban J connectivity index is 2.06. The molecule has 0 aliphatic rings. The summed E-state index contributed by atoms with van der Waals surface area (Å²) in [6.45, 7) is -0.332. The zero-order valence-corrected chi connectivity index (χ0v) is 15.6. The van der Waals surface area contributed by atoms with E-state index in [1.807, 2.05) is 0 Å². The van der Waals surface area contributed by atoms with E-state index in [-0.39, 0.29) is 24.2 Å². The van der Waals surface area contributed by atoms with Crippen LogP contribution in [-0.2, 0) is 27.0 Å². The Labute approximate surface area is 161 Å². The molecule has 0 aliphatic heterocycles. The molecule has 0 saturated heterocycles. The van der Waals surface area contributed by atoms with Crippen LogP contribution in [0.1, 0.15) is 11.1 Å². The summed E-state index contributed by atoms with van der Waals surface area (Å²) in [5.74, 6) is -2.76. The predicted molar refractivity (Wildman–Crippen MR) is 100 cm³/mol. The number of nitro groups is 1. The van der Waals surface area contributed by atoms with Crippen LogP contribution in [-0.4, -0.2) is 31.0 Å². The molecule has 0 aromatic heterocycles. The minimum atomic E-state index is -3.96. The minimum absolute atomic E-state index is 0.0274. The summed E-state index contributed by atoms with van der Waals surface area (Å²) in [6, 6.07) is 12.1. The highest BCUT2D eigenvalue weighted by molar-refractivity contribution is 7.88. The fraction of sp³-hybridized carbons (Fsp3) is 0.235. The van der Waals surface area contributed by atoms with E-state index >= 15 is 0 Å². The highest BCUT2D eigenvalue weighted by Crippen LogP contribution is 2.20. The first-order valence-electron chi connectivity index (χ1n) is 7.85. The van der Waals surface area contributed by atoms with E-state index in [9.17, 15) is 28.4 Å². The van der Waals surface area contributed by atoms with Crippen LogP contribution < -0.4 is 4.72 Å². The van der Waals surface area contributed by atoms with Crippen LogP contribution in [0, 0.1) is 16.0 Å². The number of aliphatic carboxylic acids is 1. The summed E-state index contributed by atoms with van der Waals surface area (Å²) in [4.78, 5) is 21.8. The second-order valence-corrected chi connectivity index (χ2v) is 8.10. The number of nitrogens with zero attached hydrogens (tertiary/aromatic N) is 1. The maximum Gasteiger partial charge on any atom is 0.308 e. The van der Waals surface area contributed by atoms with E-state index in [0.717, 1.165) is 0 Å². The lowest BCUT2D eigenvalue weighted by Gasteiger charge is -2.14. The molecule has 27 heavy (non-hydrogen) atoms. The highest BCUT2D eigenvalue weighted by Gasteiger charge is 2.23. The normalized spacial score (nSPS) is 12.5. The van der Waals surface area contributed by atoms with Crippen LogP contribution >= 0.6 is 11.6 Å². The molecule has 10 heteroatoms. The molecule has 0 saturated carbocycles. The van der Waals surface area contributed by atoms with Crippen LogP contribution in [0.4, 0.5) is 5.69 Å². The summed E-state index contributed by atoms with van der Waals surface area (Å²) in [6.07, 6.45) is 0.112. The fourth-order valence-corrected chi connectivity index (χ4v) is 3.78. The van der Waals surface area contributed by atoms with E-state index in [1.54, 1.807) is 24.3 Å². The molecule has 0 aliphatic carbocycles. The van der Waals surface area contributed by atoms with E-state index in [2.05, 4.69) is 4.72 Å². The number of benzene rings is 2. The average Bonchev–Trinajstić information content (AvgIpc) is 2.60. The summed E-state index contributed by atoms with van der Waals surface area (Å²) >= 11 is 5.79. The van der Waals surface area contributed by atoms with Crippen LogP contribution in [0.25, 0.3) is 0 Å². The van der Waals surface area contributed by atoms with Crippen LogP contribution in [0.15, 0.2) is 48.5 Å². The van der Waals surface area contributed by atoms with Gasteiger partial charge >= 0.3 is 5.97 Å². The van der Waals surface area contributed by atoms with Gasteiger partial charge in [0, 0.05) is 23.2 Å². The smallest absolute Gasteiger partial charge is 0.308 e. The first kappa shape index (κ1) is 20.8. The lowest BCUT2D eigenvalue weighted by Crippen LogP contribution is -2.34. The summed E-state index contributed by atoms with van der Waals surface area (Å²) < 4.78 is 26.7. The number of nitro benzene ring substituents is 1. The Bertz CT molecular complexity index is 931. The number of carboxylic acid groups (broad SMARTS) is 1. The molecule has 0 fully saturated rings. The number of para-hydroxylation sites is 1. The molecule has 2 rings (SSSR count). The zero-order chi connectivity index (χ0) is 20.0. The quantitative estimate of drug-likeness (QED) is 0.481. The van der Waals surface area contributed by atoms with Gasteiger partial charge in [0.05, 0.1) is 16.6 Å². The van der Waals surface area contributed by atoms with Crippen molar-refractivity contribution in [2.24, 2.45) is 5.92 Å². The van der Waals surface area contributed by atoms with Crippen molar-refractivity contribution in [3.8, 4) is 0 Å². The molecular weight excluding hydrogens is 396 g/mol. The van der Waals surface area contributed by atoms with Crippen LogP contribution in [0.2, 0.25) is 5.02 Å². The third-order valence-electron chi connectivity index (χ3n) is 3.83. The lowest BCUT2D eigenvalue weighted by atomic mass is 10.00. The van der Waals surface area contributed by atoms with Gasteiger partial charge in [-0.25, -0.2) is 13.1 Å². The number of carbonyl (C=O) groups is 1. The maximum atomic E-state index is 12.3. The molecule has 0 heterocycles. The zero-order valence-electron chi connectivity index (χ0n) is 14.0. The largest absolute Gasteiger partial charge is 0.481 e. The van der Waals surface area contributed by atoms with Gasteiger partial charge in [-0.3, -0.25) is 14.9 Å². The molecule has 2 N–H and O–H groups in total. The molecule has 1 unspecified atom stereocenters. The topological polar surface area (TPSA) is 127 Å². The molecule has 2 aromatic rings. The van der Waals surface area contributed by atoms with Gasteiger partial charge in [0.25, 0.3) is 5.69 Å². The third-order valence-corrected chi connectivity index (χ3v) is 5.38. The van der Waals surface area contributed by atoms with Crippen LogP contribution in [0.5, 0.6) is 0 Å². The van der Waals surface area contributed by atoms with E-state index in [4.69, 9.17) is 11.6 Å². The number of sulfonamides is 1. The van der Waals surface area contributed by atoms with Crippen molar-refractivity contribution in [3.05, 3.63) is 74.8 Å². The third kappa shape index (κ3) is 6.31. The van der Waals surface area contributed by atoms with E-state index < -0.39 is 32.6 Å². The summed E-state index contributed by atoms with van der Waals surface area (Å²) in [7, 11) is -3.96. The van der Waals surface area contributed by atoms with Gasteiger partial charge in [-0.2, -0.15) is 0 Å². The molecule has 0 spiro atoms. The van der Waals surface area contributed by atoms with Crippen molar-refractivity contribution in [3.63, 3.8) is 0 Å². The number of rotatable bonds is 9. The van der Waals surface area contributed by atoms with Gasteiger partial charge in [-0.05, 0) is 24.1 Å². The Morgan fingerprint density at radius 3 is 2.41 bits per heavy atom. The van der Waals surface area contributed by atoms with Crippen molar-refractivity contribution < 1.29 is 23.2 Å². The van der Waals surface area contributed by atoms with E-state index in [0.29, 0.717) is 10.6 Å². The molecule has 0 amide bonds. The average molecular weight is 413 g/mol. The standard InChI is InChI=1S/C17H17ClN2O6S/c18-15-7-5-12(6-8-15)9-14(17(21)22)10-19-27(25,26)11-13-3-1-2-4-16(13)20(23)24/h1-8,14,19H,9-11H2,(H,21,22). The summed E-state index contributed by atoms with van der Waals surface area (Å²) in [5, 5.41) is 20.8. The molecule has 2 aromatic carbocycles. The van der Waals surface area contributed by atoms with Crippen molar-refractivity contribution in [2.75, 3.05) is 6.54 Å². The molecule has 1 atom stereocenters. The van der Waals surface area contributed by atoms with Gasteiger partial charge in [0.1, 0.15) is 0 Å². The predicted octanol–water partition coefficient (Wildman–Crippen LogP) is 2.61. The Morgan fingerprint density at radius 2 is 1.81 bits per heavy atom. The molecule has 0 radical (unpaired) electrons. The molecule has 8 nitrogen and oxygen atoms in total. The van der Waals surface area contributed by atoms with Gasteiger partial charge in [-0.1, -0.05) is 41.9 Å². The van der Waals surface area contributed by atoms with Crippen molar-refractivity contribution in [1.82, 2.24) is 4.72 Å². The maximum absolute atomic E-state index is 12.3. The number of hydrogen-bond acceptors (Lipinski definition) is 5. The number of nitrogens with one attached hydrogen (secondary N) is 1. The Kier molecular flexibility index (Phi) is 6.89. The molecule has 0 bridgehead atoms. The van der Waals surface area contributed by atoms with Crippen molar-refractivity contribution in [2.45, 2.75) is 12.2 Å². The summed E-state index contributed by atoms with van der Waals surface area (Å²) in [5.41, 5.74) is 0.420. The number of carboxylic acids is 1. The second-order valence-electron chi connectivity index (χ2n) is 5.86. The van der Waals surface area contributed by atoms with Gasteiger partial charge < -0.3 is 5.11 Å². The second kappa shape index (κ2) is 8.94. The molecule has 144 valence electrons. The first-order valence-corrected chi connectivity index (χ1v) is 9.88. The Morgan fingerprint density at radius 1 is 1.19 bits per heavy atom. The van der Waals surface area contributed by atoms with Crippen molar-refractivity contribution in [1.29, 1.82) is 0 Å².